The normalized spacial score (nSPS) is 22.1. The second kappa shape index (κ2) is 7.57. The lowest BCUT2D eigenvalue weighted by atomic mass is 9.96. The van der Waals surface area contributed by atoms with Crippen LogP contribution < -0.4 is 5.32 Å². The van der Waals surface area contributed by atoms with Crippen molar-refractivity contribution in [3.8, 4) is 0 Å². The van der Waals surface area contributed by atoms with E-state index in [0.717, 1.165) is 30.5 Å². The number of aromatic nitrogens is 3. The van der Waals surface area contributed by atoms with Gasteiger partial charge in [0.05, 0.1) is 18.2 Å². The molecular formula is C18H24N4O2. The second-order valence-corrected chi connectivity index (χ2v) is 6.19. The third-order valence-corrected chi connectivity index (χ3v) is 4.53. The van der Waals surface area contributed by atoms with E-state index in [0.29, 0.717) is 6.61 Å². The first kappa shape index (κ1) is 16.6. The number of nitrogens with one attached hydrogen (secondary N) is 1. The van der Waals surface area contributed by atoms with Gasteiger partial charge in [-0.3, -0.25) is 14.5 Å². The van der Waals surface area contributed by atoms with Gasteiger partial charge in [-0.05, 0) is 38.3 Å². The molecule has 1 fully saturated rings. The van der Waals surface area contributed by atoms with E-state index in [2.05, 4.69) is 15.4 Å². The number of aryl methyl sites for hydroxylation is 1. The van der Waals surface area contributed by atoms with Crippen LogP contribution in [0.1, 0.15) is 49.8 Å². The summed E-state index contributed by atoms with van der Waals surface area (Å²) in [4.78, 5) is 16.7. The third kappa shape index (κ3) is 3.64. The van der Waals surface area contributed by atoms with Crippen LogP contribution in [0, 0.1) is 0 Å². The predicted molar refractivity (Wildman–Crippen MR) is 90.4 cm³/mol. The van der Waals surface area contributed by atoms with Gasteiger partial charge >= 0.3 is 0 Å². The second-order valence-electron chi connectivity index (χ2n) is 6.19. The van der Waals surface area contributed by atoms with Crippen molar-refractivity contribution in [1.29, 1.82) is 0 Å². The Morgan fingerprint density at radius 1 is 1.50 bits per heavy atom. The molecule has 1 amide bonds. The van der Waals surface area contributed by atoms with Crippen LogP contribution in [-0.2, 0) is 16.1 Å². The van der Waals surface area contributed by atoms with Crippen molar-refractivity contribution in [3.63, 3.8) is 0 Å². The van der Waals surface area contributed by atoms with E-state index >= 15 is 0 Å². The molecule has 0 saturated carbocycles. The Balaban J connectivity index is 1.70. The van der Waals surface area contributed by atoms with E-state index in [1.165, 1.54) is 0 Å². The topological polar surface area (TPSA) is 69.0 Å². The van der Waals surface area contributed by atoms with Gasteiger partial charge in [-0.25, -0.2) is 0 Å². The number of carbonyl (C=O) groups is 1. The van der Waals surface area contributed by atoms with Crippen LogP contribution >= 0.6 is 0 Å². The zero-order chi connectivity index (χ0) is 16.9. The van der Waals surface area contributed by atoms with Gasteiger partial charge in [-0.1, -0.05) is 6.07 Å². The zero-order valence-electron chi connectivity index (χ0n) is 14.2. The lowest BCUT2D eigenvalue weighted by molar-refractivity contribution is -0.125. The molecule has 2 aromatic rings. The Hall–Kier alpha value is -2.21. The smallest absolute Gasteiger partial charge is 0.227 e. The number of ether oxygens (including phenoxy) is 1. The number of rotatable bonds is 5. The van der Waals surface area contributed by atoms with Crippen LogP contribution in [0.5, 0.6) is 0 Å². The number of hydrogen-bond donors (Lipinski definition) is 1. The minimum absolute atomic E-state index is 0.00591. The van der Waals surface area contributed by atoms with Gasteiger partial charge in [0.2, 0.25) is 5.91 Å². The van der Waals surface area contributed by atoms with Crippen LogP contribution in [-0.4, -0.2) is 33.3 Å². The first-order chi connectivity index (χ1) is 11.7. The van der Waals surface area contributed by atoms with Gasteiger partial charge in [0, 0.05) is 37.3 Å². The standard InChI is InChI=1S/C18H24N4O2/c1-3-22-12-15(11-20-22)17-16(7-5-9-24-17)21-18(23)13(2)14-6-4-8-19-10-14/h4,6,8,10-13,16-17H,3,5,7,9H2,1-2H3,(H,21,23)/t13-,16+,17-/m1/s1. The van der Waals surface area contributed by atoms with Crippen molar-refractivity contribution < 1.29 is 9.53 Å². The van der Waals surface area contributed by atoms with Crippen LogP contribution in [0.3, 0.4) is 0 Å². The van der Waals surface area contributed by atoms with Crippen molar-refractivity contribution in [1.82, 2.24) is 20.1 Å². The summed E-state index contributed by atoms with van der Waals surface area (Å²) in [5.74, 6) is -0.231. The molecule has 0 spiro atoms. The van der Waals surface area contributed by atoms with Gasteiger partial charge in [0.1, 0.15) is 6.10 Å². The molecule has 3 rings (SSSR count). The van der Waals surface area contributed by atoms with Gasteiger partial charge < -0.3 is 10.1 Å². The van der Waals surface area contributed by atoms with E-state index in [9.17, 15) is 4.79 Å². The summed E-state index contributed by atoms with van der Waals surface area (Å²) in [6.45, 7) is 5.49. The van der Waals surface area contributed by atoms with Crippen molar-refractivity contribution in [2.75, 3.05) is 6.61 Å². The number of carbonyl (C=O) groups excluding carboxylic acids is 1. The van der Waals surface area contributed by atoms with Crippen LogP contribution in [0.4, 0.5) is 0 Å². The van der Waals surface area contributed by atoms with Crippen molar-refractivity contribution in [2.45, 2.75) is 51.3 Å². The Morgan fingerprint density at radius 3 is 3.08 bits per heavy atom. The van der Waals surface area contributed by atoms with Crippen molar-refractivity contribution in [2.24, 2.45) is 0 Å². The fourth-order valence-corrected chi connectivity index (χ4v) is 3.05. The van der Waals surface area contributed by atoms with E-state index in [1.807, 2.05) is 43.1 Å². The van der Waals surface area contributed by atoms with Gasteiger partial charge in [0.15, 0.2) is 0 Å². The molecule has 0 bridgehead atoms. The van der Waals surface area contributed by atoms with Crippen LogP contribution in [0.25, 0.3) is 0 Å². The Kier molecular flexibility index (Phi) is 5.25. The van der Waals surface area contributed by atoms with Gasteiger partial charge in [-0.2, -0.15) is 5.10 Å². The summed E-state index contributed by atoms with van der Waals surface area (Å²) >= 11 is 0. The molecule has 1 aliphatic heterocycles. The highest BCUT2D eigenvalue weighted by Gasteiger charge is 2.31. The summed E-state index contributed by atoms with van der Waals surface area (Å²) in [5, 5.41) is 7.49. The molecule has 0 aromatic carbocycles. The lowest BCUT2D eigenvalue weighted by Crippen LogP contribution is -2.44. The van der Waals surface area contributed by atoms with Crippen molar-refractivity contribution in [3.05, 3.63) is 48.0 Å². The van der Waals surface area contributed by atoms with Gasteiger partial charge in [0.25, 0.3) is 0 Å². The van der Waals surface area contributed by atoms with Crippen LogP contribution in [0.15, 0.2) is 36.9 Å². The number of amides is 1. The fourth-order valence-electron chi connectivity index (χ4n) is 3.05. The van der Waals surface area contributed by atoms with E-state index in [1.54, 1.807) is 12.4 Å². The number of nitrogens with zero attached hydrogens (tertiary/aromatic N) is 3. The molecule has 2 aromatic heterocycles. The molecule has 6 heteroatoms. The van der Waals surface area contributed by atoms with Crippen LogP contribution in [0.2, 0.25) is 0 Å². The van der Waals surface area contributed by atoms with Gasteiger partial charge in [-0.15, -0.1) is 0 Å². The minimum atomic E-state index is -0.236. The molecule has 3 heterocycles. The predicted octanol–water partition coefficient (Wildman–Crippen LogP) is 2.44. The molecule has 1 saturated heterocycles. The maximum Gasteiger partial charge on any atom is 0.227 e. The Labute approximate surface area is 142 Å². The van der Waals surface area contributed by atoms with E-state index in [4.69, 9.17) is 4.74 Å². The summed E-state index contributed by atoms with van der Waals surface area (Å²) in [6.07, 6.45) is 9.01. The molecule has 6 nitrogen and oxygen atoms in total. The maximum absolute atomic E-state index is 12.6. The highest BCUT2D eigenvalue weighted by Crippen LogP contribution is 2.29. The average molecular weight is 328 g/mol. The highest BCUT2D eigenvalue weighted by molar-refractivity contribution is 5.83. The third-order valence-electron chi connectivity index (χ3n) is 4.53. The molecule has 0 aliphatic carbocycles. The average Bonchev–Trinajstić information content (AvgIpc) is 3.11. The quantitative estimate of drug-likeness (QED) is 0.915. The van der Waals surface area contributed by atoms with E-state index in [-0.39, 0.29) is 24.0 Å². The van der Waals surface area contributed by atoms with E-state index < -0.39 is 0 Å². The summed E-state index contributed by atoms with van der Waals surface area (Å²) in [6, 6.07) is 3.75. The molecule has 128 valence electrons. The SMILES string of the molecule is CCn1cc([C@H]2OCCC[C@@H]2NC(=O)[C@H](C)c2cccnc2)cn1. The largest absolute Gasteiger partial charge is 0.371 e. The monoisotopic (exact) mass is 328 g/mol. The molecular weight excluding hydrogens is 304 g/mol. The Morgan fingerprint density at radius 2 is 2.38 bits per heavy atom. The fraction of sp³-hybridized carbons (Fsp3) is 0.500. The highest BCUT2D eigenvalue weighted by atomic mass is 16.5. The first-order valence-corrected chi connectivity index (χ1v) is 8.53. The molecule has 3 atom stereocenters. The zero-order valence-corrected chi connectivity index (χ0v) is 14.2. The summed E-state index contributed by atoms with van der Waals surface area (Å²) in [7, 11) is 0. The number of pyridine rings is 1. The lowest BCUT2D eigenvalue weighted by Gasteiger charge is -2.32. The molecule has 24 heavy (non-hydrogen) atoms. The Bertz CT molecular complexity index is 671. The first-order valence-electron chi connectivity index (χ1n) is 8.53. The molecule has 1 aliphatic rings. The molecule has 0 unspecified atom stereocenters. The molecule has 1 N–H and O–H groups in total. The number of hydrogen-bond acceptors (Lipinski definition) is 4. The summed E-state index contributed by atoms with van der Waals surface area (Å²) < 4.78 is 7.82. The summed E-state index contributed by atoms with van der Waals surface area (Å²) in [5.41, 5.74) is 1.94. The maximum atomic E-state index is 12.6. The van der Waals surface area contributed by atoms with Crippen molar-refractivity contribution >= 4 is 5.91 Å². The minimum Gasteiger partial charge on any atom is -0.371 e. The molecule has 0 radical (unpaired) electrons.